The molecule has 0 atom stereocenters. The molecule has 1 aromatic rings. The number of morpholine rings is 1. The fourth-order valence-electron chi connectivity index (χ4n) is 2.08. The smallest absolute Gasteiger partial charge is 0.244 e. The van der Waals surface area contributed by atoms with Gasteiger partial charge in [-0.1, -0.05) is 0 Å². The third-order valence-electron chi connectivity index (χ3n) is 3.39. The number of amides is 1. The van der Waals surface area contributed by atoms with Gasteiger partial charge >= 0.3 is 0 Å². The highest BCUT2D eigenvalue weighted by molar-refractivity contribution is 7.80. The molecule has 24 heavy (non-hydrogen) atoms. The van der Waals surface area contributed by atoms with Crippen LogP contribution in [0.2, 0.25) is 0 Å². The van der Waals surface area contributed by atoms with E-state index in [9.17, 15) is 4.79 Å². The van der Waals surface area contributed by atoms with Crippen molar-refractivity contribution in [2.75, 3.05) is 58.4 Å². The zero-order chi connectivity index (χ0) is 17.4. The summed E-state index contributed by atoms with van der Waals surface area (Å²) in [6.45, 7) is 4.82. The Morgan fingerprint density at radius 1 is 1.42 bits per heavy atom. The second kappa shape index (κ2) is 9.72. The first kappa shape index (κ1) is 18.8. The molecule has 10 heteroatoms. The molecule has 0 spiro atoms. The molecule has 1 fully saturated rings. The molecule has 8 nitrogen and oxygen atoms in total. The number of hydrogen-bond acceptors (Lipinski definition) is 6. The molecule has 0 bridgehead atoms. The molecule has 1 amide bonds. The Labute approximate surface area is 151 Å². The number of hydrazine groups is 1. The average molecular weight is 374 g/mol. The Bertz CT molecular complexity index is 545. The van der Waals surface area contributed by atoms with Gasteiger partial charge < -0.3 is 19.9 Å². The van der Waals surface area contributed by atoms with E-state index in [2.05, 4.69) is 40.1 Å². The Hall–Kier alpha value is -1.49. The lowest BCUT2D eigenvalue weighted by Gasteiger charge is -2.26. The van der Waals surface area contributed by atoms with E-state index in [4.69, 9.17) is 17.0 Å². The fraction of sp³-hybridized carbons (Fsp3) is 0.643. The standard InChI is InChI=1S/C14H24N6O2S2/c1-19(2)4-3-15-13(23)18-17-12(21)9-11-10-24-14(16-11)20-5-7-22-8-6-20/h10H,3-9H2,1-2H3,(H,17,21)(H2,15,18,23)/p+1. The predicted octanol–water partition coefficient (Wildman–Crippen LogP) is -1.84. The molecule has 4 N–H and O–H groups in total. The largest absolute Gasteiger partial charge is 0.378 e. The first-order valence-corrected chi connectivity index (χ1v) is 9.22. The number of thiazole rings is 1. The summed E-state index contributed by atoms with van der Waals surface area (Å²) in [7, 11) is 4.14. The summed E-state index contributed by atoms with van der Waals surface area (Å²) < 4.78 is 5.33. The maximum atomic E-state index is 12.0. The van der Waals surface area contributed by atoms with Gasteiger partial charge in [-0.05, 0) is 12.2 Å². The molecular formula is C14H25N6O2S2+. The van der Waals surface area contributed by atoms with E-state index in [1.54, 1.807) is 11.3 Å². The Morgan fingerprint density at radius 2 is 2.17 bits per heavy atom. The number of carbonyl (C=O) groups excluding carboxylic acids is 1. The Kier molecular flexibility index (Phi) is 7.63. The minimum absolute atomic E-state index is 0.170. The number of quaternary nitrogens is 1. The van der Waals surface area contributed by atoms with E-state index in [0.717, 1.165) is 50.2 Å². The second-order valence-electron chi connectivity index (χ2n) is 5.78. The van der Waals surface area contributed by atoms with E-state index >= 15 is 0 Å². The quantitative estimate of drug-likeness (QED) is 0.345. The van der Waals surface area contributed by atoms with E-state index in [1.807, 2.05) is 5.38 Å². The Balaban J connectivity index is 1.68. The maximum absolute atomic E-state index is 12.0. The molecule has 1 aliphatic heterocycles. The van der Waals surface area contributed by atoms with Crippen LogP contribution in [0, 0.1) is 0 Å². The zero-order valence-electron chi connectivity index (χ0n) is 14.1. The summed E-state index contributed by atoms with van der Waals surface area (Å²) in [6, 6.07) is 0. The molecule has 1 aromatic heterocycles. The number of aromatic nitrogens is 1. The van der Waals surface area contributed by atoms with Gasteiger partial charge in [0.2, 0.25) is 5.91 Å². The SMILES string of the molecule is C[NH+](C)CCNC(=S)NNC(=O)Cc1csc(N2CCOCC2)n1. The summed E-state index contributed by atoms with van der Waals surface area (Å²) >= 11 is 6.65. The van der Waals surface area contributed by atoms with Crippen molar-refractivity contribution in [2.24, 2.45) is 0 Å². The molecule has 1 saturated heterocycles. The third kappa shape index (κ3) is 6.56. The summed E-state index contributed by atoms with van der Waals surface area (Å²) in [4.78, 5) is 20.0. The van der Waals surface area contributed by atoms with Gasteiger partial charge in [0.15, 0.2) is 10.2 Å². The molecule has 0 aromatic carbocycles. The molecule has 0 unspecified atom stereocenters. The Morgan fingerprint density at radius 3 is 2.88 bits per heavy atom. The van der Waals surface area contributed by atoms with Crippen LogP contribution in [-0.4, -0.2) is 69.5 Å². The average Bonchev–Trinajstić information content (AvgIpc) is 3.02. The monoisotopic (exact) mass is 373 g/mol. The first-order valence-electron chi connectivity index (χ1n) is 7.93. The van der Waals surface area contributed by atoms with Gasteiger partial charge in [0.25, 0.3) is 0 Å². The van der Waals surface area contributed by atoms with Gasteiger partial charge in [0, 0.05) is 18.5 Å². The number of carbonyl (C=O) groups is 1. The van der Waals surface area contributed by atoms with Gasteiger partial charge in [0.05, 0.1) is 52.5 Å². The van der Waals surface area contributed by atoms with Crippen molar-refractivity contribution >= 4 is 39.7 Å². The number of rotatable bonds is 6. The first-order chi connectivity index (χ1) is 11.5. The zero-order valence-corrected chi connectivity index (χ0v) is 15.7. The summed E-state index contributed by atoms with van der Waals surface area (Å²) in [5, 5.41) is 6.31. The topological polar surface area (TPSA) is 83.0 Å². The van der Waals surface area contributed by atoms with Gasteiger partial charge in [0.1, 0.15) is 0 Å². The maximum Gasteiger partial charge on any atom is 0.244 e. The number of nitrogens with zero attached hydrogens (tertiary/aromatic N) is 2. The minimum Gasteiger partial charge on any atom is -0.378 e. The van der Waals surface area contributed by atoms with Crippen LogP contribution in [0.3, 0.4) is 0 Å². The van der Waals surface area contributed by atoms with Crippen LogP contribution in [0.5, 0.6) is 0 Å². The number of thiocarbonyl (C=S) groups is 1. The molecule has 0 aliphatic carbocycles. The summed E-state index contributed by atoms with van der Waals surface area (Å²) in [6.07, 6.45) is 0.221. The lowest BCUT2D eigenvalue weighted by Crippen LogP contribution is -3.06. The van der Waals surface area contributed by atoms with E-state index in [1.165, 1.54) is 4.90 Å². The highest BCUT2D eigenvalue weighted by Crippen LogP contribution is 2.21. The number of ether oxygens (including phenoxy) is 1. The van der Waals surface area contributed by atoms with Crippen LogP contribution >= 0.6 is 23.6 Å². The number of hydrogen-bond donors (Lipinski definition) is 4. The van der Waals surface area contributed by atoms with Crippen LogP contribution in [0.25, 0.3) is 0 Å². The van der Waals surface area contributed by atoms with Crippen molar-refractivity contribution in [3.63, 3.8) is 0 Å². The van der Waals surface area contributed by atoms with Crippen LogP contribution in [0.15, 0.2) is 5.38 Å². The molecular weight excluding hydrogens is 348 g/mol. The van der Waals surface area contributed by atoms with Crippen molar-refractivity contribution in [1.82, 2.24) is 21.2 Å². The van der Waals surface area contributed by atoms with Crippen LogP contribution in [0.4, 0.5) is 5.13 Å². The number of likely N-dealkylation sites (N-methyl/N-ethyl adjacent to an activating group) is 1. The van der Waals surface area contributed by atoms with E-state index in [-0.39, 0.29) is 12.3 Å². The van der Waals surface area contributed by atoms with E-state index in [0.29, 0.717) is 5.11 Å². The molecule has 2 rings (SSSR count). The van der Waals surface area contributed by atoms with Gasteiger partial charge in [-0.3, -0.25) is 15.6 Å². The number of anilines is 1. The molecule has 2 heterocycles. The summed E-state index contributed by atoms with van der Waals surface area (Å²) in [5.74, 6) is -0.170. The lowest BCUT2D eigenvalue weighted by molar-refractivity contribution is -0.856. The second-order valence-corrected chi connectivity index (χ2v) is 7.03. The predicted molar refractivity (Wildman–Crippen MR) is 98.4 cm³/mol. The fourth-order valence-corrected chi connectivity index (χ4v) is 3.11. The number of nitrogens with one attached hydrogen (secondary N) is 4. The van der Waals surface area contributed by atoms with Crippen molar-refractivity contribution in [2.45, 2.75) is 6.42 Å². The van der Waals surface area contributed by atoms with Gasteiger partial charge in [-0.25, -0.2) is 4.98 Å². The van der Waals surface area contributed by atoms with E-state index < -0.39 is 0 Å². The van der Waals surface area contributed by atoms with Crippen LogP contribution in [0.1, 0.15) is 5.69 Å². The van der Waals surface area contributed by atoms with Crippen molar-refractivity contribution in [3.8, 4) is 0 Å². The molecule has 134 valence electrons. The highest BCUT2D eigenvalue weighted by atomic mass is 32.1. The third-order valence-corrected chi connectivity index (χ3v) is 4.59. The highest BCUT2D eigenvalue weighted by Gasteiger charge is 2.15. The van der Waals surface area contributed by atoms with Gasteiger partial charge in [-0.15, -0.1) is 11.3 Å². The van der Waals surface area contributed by atoms with Crippen molar-refractivity contribution < 1.29 is 14.4 Å². The van der Waals surface area contributed by atoms with Crippen LogP contribution in [-0.2, 0) is 16.0 Å². The molecule has 0 saturated carbocycles. The van der Waals surface area contributed by atoms with Crippen LogP contribution < -0.4 is 26.0 Å². The summed E-state index contributed by atoms with van der Waals surface area (Å²) in [5.41, 5.74) is 6.06. The molecule has 0 radical (unpaired) electrons. The van der Waals surface area contributed by atoms with Crippen molar-refractivity contribution in [3.05, 3.63) is 11.1 Å². The van der Waals surface area contributed by atoms with Gasteiger partial charge in [-0.2, -0.15) is 0 Å². The molecule has 1 aliphatic rings. The minimum atomic E-state index is -0.170. The lowest BCUT2D eigenvalue weighted by atomic mass is 10.3. The normalized spacial score (nSPS) is 14.5. The van der Waals surface area contributed by atoms with Crippen molar-refractivity contribution in [1.29, 1.82) is 0 Å².